The van der Waals surface area contributed by atoms with E-state index in [2.05, 4.69) is 289 Å². The van der Waals surface area contributed by atoms with Gasteiger partial charge in [0.15, 0.2) is 5.60 Å². The first-order chi connectivity index (χ1) is 58.1. The number of ether oxygens (including phenoxy) is 1. The summed E-state index contributed by atoms with van der Waals surface area (Å²) in [5.74, 6) is 0.0338. The number of rotatable bonds is 5. The van der Waals surface area contributed by atoms with Crippen molar-refractivity contribution in [2.75, 3.05) is 0 Å². The number of carbonyl (C=O) groups is 1. The van der Waals surface area contributed by atoms with Gasteiger partial charge in [-0.25, -0.2) is 4.79 Å². The van der Waals surface area contributed by atoms with Crippen molar-refractivity contribution in [1.29, 1.82) is 0 Å². The summed E-state index contributed by atoms with van der Waals surface area (Å²) in [6.07, 6.45) is 1.11. The zero-order valence-electron chi connectivity index (χ0n) is 73.2. The highest BCUT2D eigenvalue weighted by Crippen LogP contribution is 2.50. The molecule has 18 aromatic carbocycles. The molecule has 0 unspecified atom stereocenters. The number of phenolic OH excluding ortho intramolecular Hbond substituents is 2. The summed E-state index contributed by atoms with van der Waals surface area (Å²) < 4.78 is 6.07. The van der Waals surface area contributed by atoms with E-state index in [1.165, 1.54) is 143 Å². The Balaban J connectivity index is 0.000000117. The number of carbonyl (C=O) groups excluding carboxylic acids is 1. The Labute approximate surface area is 716 Å². The zero-order valence-corrected chi connectivity index (χ0v) is 73.2. The number of hydrogen-bond acceptors (Lipinski definition) is 4. The Hall–Kier alpha value is -13.4. The molecule has 0 saturated heterocycles. The number of benzene rings is 18. The van der Waals surface area contributed by atoms with Crippen molar-refractivity contribution in [2.45, 2.75) is 135 Å². The van der Waals surface area contributed by atoms with Gasteiger partial charge in [0.1, 0.15) is 11.5 Å². The minimum Gasteiger partial charge on any atom is -0.507 e. The largest absolute Gasteiger partial charge is 0.507 e. The summed E-state index contributed by atoms with van der Waals surface area (Å²) in [5, 5.41) is 36.0. The summed E-state index contributed by atoms with van der Waals surface area (Å²) in [6, 6.07) is 115. The standard InChI is InChI=1S/C23H22O2.C22H18O2.C17H18.C16H14.C15H14.2C12H12/c1-17-14-18(2)16-19(15-17)22(24)25-23(3,20-10-6-4-7-11-20)21-12-8-5-9-13-21;1-13-3-7-17-15(11-13)5-9-19(23)21(17)22-18-8-4-14(2)12-16(18)6-10-20(22)24;1-11-5-7-13-14-8-6-12(2)10-16(14)17(3,4)15(13)9-11;1-11-13-7-3-5-9-15(13)12(2)16-10-6-4-8-14(11)16;1-10-3-5-14-12(7-10)9-13-8-11(2)4-6-15(13)14;1-9-3-5-12-8-10(2)4-6-11(12)7-9;1-9-7-8-10(2)12-6-4-3-5-11(9)12/h4-16H,1-3H3;3-12,23-24H,1-2H3;5-10H,1-4H3;3-10H,1-2H3;3-8H,9H2,1-2H3;2*3-8H,1-2H3. The molecule has 0 atom stereocenters. The van der Waals surface area contributed by atoms with E-state index in [-0.39, 0.29) is 22.9 Å². The van der Waals surface area contributed by atoms with Gasteiger partial charge in [-0.05, 0) is 277 Å². The molecule has 4 heteroatoms. The van der Waals surface area contributed by atoms with Crippen LogP contribution in [0.15, 0.2) is 334 Å². The van der Waals surface area contributed by atoms with Crippen LogP contribution in [0.5, 0.6) is 11.5 Å². The molecule has 2 aliphatic carbocycles. The van der Waals surface area contributed by atoms with Gasteiger partial charge in [-0.15, -0.1) is 0 Å². The maximum atomic E-state index is 12.9. The van der Waals surface area contributed by atoms with Gasteiger partial charge in [0.05, 0.1) is 5.56 Å². The molecule has 0 spiro atoms. The zero-order chi connectivity index (χ0) is 85.6. The second kappa shape index (κ2) is 36.0. The van der Waals surface area contributed by atoms with E-state index in [0.717, 1.165) is 61.3 Å². The van der Waals surface area contributed by atoms with Crippen LogP contribution in [0, 0.1) is 96.9 Å². The number of esters is 1. The lowest BCUT2D eigenvalue weighted by atomic mass is 9.81. The minimum atomic E-state index is -0.850. The maximum absolute atomic E-state index is 12.9. The maximum Gasteiger partial charge on any atom is 0.339 e. The van der Waals surface area contributed by atoms with E-state index in [4.69, 9.17) is 4.74 Å². The van der Waals surface area contributed by atoms with Crippen molar-refractivity contribution >= 4 is 70.6 Å². The Morgan fingerprint density at radius 1 is 0.289 bits per heavy atom. The van der Waals surface area contributed by atoms with Gasteiger partial charge in [-0.1, -0.05) is 379 Å². The van der Waals surface area contributed by atoms with Crippen LogP contribution < -0.4 is 0 Å². The van der Waals surface area contributed by atoms with Crippen LogP contribution in [0.25, 0.3) is 98.0 Å². The highest BCUT2D eigenvalue weighted by molar-refractivity contribution is 6.10. The molecule has 2 aliphatic rings. The van der Waals surface area contributed by atoms with Gasteiger partial charge in [0.2, 0.25) is 0 Å². The Morgan fingerprint density at radius 3 is 0.975 bits per heavy atom. The number of aryl methyl sites for hydroxylation is 14. The van der Waals surface area contributed by atoms with Crippen molar-refractivity contribution in [1.82, 2.24) is 0 Å². The molecule has 602 valence electrons. The van der Waals surface area contributed by atoms with E-state index in [9.17, 15) is 15.0 Å². The van der Waals surface area contributed by atoms with Crippen molar-refractivity contribution in [3.8, 4) is 44.9 Å². The molecule has 4 nitrogen and oxygen atoms in total. The number of fused-ring (bicyclic) bond motifs is 12. The first-order valence-corrected chi connectivity index (χ1v) is 42.2. The molecule has 0 saturated carbocycles. The Kier molecular flexibility index (Phi) is 25.0. The molecule has 0 heterocycles. The average molecular weight is 1580 g/mol. The first kappa shape index (κ1) is 84.1. The molecule has 0 aliphatic heterocycles. The van der Waals surface area contributed by atoms with E-state index in [0.29, 0.717) is 16.7 Å². The normalized spacial score (nSPS) is 11.8. The summed E-state index contributed by atoms with van der Waals surface area (Å²) in [7, 11) is 0. The molecule has 2 N–H and O–H groups in total. The molecule has 0 amide bonds. The van der Waals surface area contributed by atoms with Crippen LogP contribution in [-0.2, 0) is 22.2 Å². The van der Waals surface area contributed by atoms with Gasteiger partial charge in [0.25, 0.3) is 0 Å². The van der Waals surface area contributed by atoms with E-state index < -0.39 is 5.60 Å². The average Bonchev–Trinajstić information content (AvgIpc) is 1.75. The van der Waals surface area contributed by atoms with Gasteiger partial charge in [0, 0.05) is 16.5 Å². The quantitative estimate of drug-likeness (QED) is 0.133. The number of phenols is 2. The van der Waals surface area contributed by atoms with Gasteiger partial charge in [-0.3, -0.25) is 0 Å². The molecule has 0 radical (unpaired) electrons. The fraction of sp³-hybridized carbons (Fsp3) is 0.171. The van der Waals surface area contributed by atoms with E-state index in [1.807, 2.05) is 150 Å². The highest BCUT2D eigenvalue weighted by atomic mass is 16.6. The van der Waals surface area contributed by atoms with Gasteiger partial charge < -0.3 is 14.9 Å². The lowest BCUT2D eigenvalue weighted by Crippen LogP contribution is -2.30. The third-order valence-corrected chi connectivity index (χ3v) is 24.1. The summed E-state index contributed by atoms with van der Waals surface area (Å²) in [6.45, 7) is 36.3. The summed E-state index contributed by atoms with van der Waals surface area (Å²) in [5.41, 5.74) is 32.7. The van der Waals surface area contributed by atoms with Crippen LogP contribution in [0.3, 0.4) is 0 Å². The SMILES string of the molecule is Cc1c2ccccc2c(C)c2ccccc12.Cc1cc(C)cc(C(=O)OC(C)(c2ccccc2)c2ccccc2)c1.Cc1ccc(C)c2ccccc12.Cc1ccc2c(-c3c(O)ccc4cc(C)ccc34)c(O)ccc2c1.Cc1ccc2c(c1)C(C)(C)c1cc(C)ccc1-2.Cc1ccc2c(c1)Cc1cc(C)ccc1-2.Cc1ccc2cc(C)ccc2c1. The first-order valence-electron chi connectivity index (χ1n) is 42.2. The molecule has 0 aromatic heterocycles. The predicted molar refractivity (Wildman–Crippen MR) is 516 cm³/mol. The Bertz CT molecular complexity index is 6450. The molecule has 121 heavy (non-hydrogen) atoms. The molecular weight excluding hydrogens is 1470 g/mol. The molecule has 18 aromatic rings. The topological polar surface area (TPSA) is 66.8 Å². The van der Waals surface area contributed by atoms with Crippen molar-refractivity contribution < 1.29 is 19.7 Å². The second-order valence-electron chi connectivity index (χ2n) is 34.1. The molecule has 0 fully saturated rings. The van der Waals surface area contributed by atoms with Crippen molar-refractivity contribution in [3.05, 3.63) is 450 Å². The Morgan fingerprint density at radius 2 is 0.595 bits per heavy atom. The molecule has 0 bridgehead atoms. The number of hydrogen-bond donors (Lipinski definition) is 2. The summed E-state index contributed by atoms with van der Waals surface area (Å²) in [4.78, 5) is 12.9. The van der Waals surface area contributed by atoms with Gasteiger partial charge in [-0.2, -0.15) is 0 Å². The lowest BCUT2D eigenvalue weighted by molar-refractivity contribution is 0.00612. The predicted octanol–water partition coefficient (Wildman–Crippen LogP) is 31.1. The number of aromatic hydroxyl groups is 2. The van der Waals surface area contributed by atoms with Crippen LogP contribution in [0.2, 0.25) is 0 Å². The van der Waals surface area contributed by atoms with Gasteiger partial charge >= 0.3 is 5.97 Å². The van der Waals surface area contributed by atoms with E-state index in [1.54, 1.807) is 12.1 Å². The molecular formula is C117H110O4. The van der Waals surface area contributed by atoms with Crippen LogP contribution in [-0.4, -0.2) is 16.2 Å². The van der Waals surface area contributed by atoms with Crippen LogP contribution in [0.4, 0.5) is 0 Å². The van der Waals surface area contributed by atoms with Crippen LogP contribution in [0.1, 0.15) is 142 Å². The minimum absolute atomic E-state index is 0.142. The monoisotopic (exact) mass is 1580 g/mol. The smallest absolute Gasteiger partial charge is 0.339 e. The second-order valence-corrected chi connectivity index (χ2v) is 34.1. The molecule has 20 rings (SSSR count). The lowest BCUT2D eigenvalue weighted by Gasteiger charge is -2.31. The van der Waals surface area contributed by atoms with Crippen LogP contribution >= 0.6 is 0 Å². The van der Waals surface area contributed by atoms with Crippen molar-refractivity contribution in [2.24, 2.45) is 0 Å². The third kappa shape index (κ3) is 18.4. The summed E-state index contributed by atoms with van der Waals surface area (Å²) >= 11 is 0. The highest BCUT2D eigenvalue weighted by Gasteiger charge is 2.36. The fourth-order valence-electron chi connectivity index (χ4n) is 17.6. The van der Waals surface area contributed by atoms with E-state index >= 15 is 0 Å². The third-order valence-electron chi connectivity index (χ3n) is 24.1. The fourth-order valence-corrected chi connectivity index (χ4v) is 17.6. The van der Waals surface area contributed by atoms with Crippen molar-refractivity contribution in [3.63, 3.8) is 0 Å².